The Labute approximate surface area is 150 Å². The number of nitrogens with two attached hydrogens (primary N) is 1. The summed E-state index contributed by atoms with van der Waals surface area (Å²) in [6, 6.07) is 7.41. The molecule has 3 rings (SSSR count). The molecule has 0 amide bonds. The van der Waals surface area contributed by atoms with E-state index in [4.69, 9.17) is 5.73 Å². The van der Waals surface area contributed by atoms with Gasteiger partial charge in [0.2, 0.25) is 0 Å². The SMILES string of the molecule is CC(F)(F)c1cccc(C(CN2CCC(N)C2)C2(C)CCCCC2)c1. The first-order valence-electron chi connectivity index (χ1n) is 9.74. The molecule has 1 saturated heterocycles. The van der Waals surface area contributed by atoms with E-state index >= 15 is 0 Å². The summed E-state index contributed by atoms with van der Waals surface area (Å²) in [5.41, 5.74) is 7.48. The summed E-state index contributed by atoms with van der Waals surface area (Å²) in [7, 11) is 0. The van der Waals surface area contributed by atoms with E-state index in [1.165, 1.54) is 32.1 Å². The molecule has 1 aromatic carbocycles. The average molecular weight is 350 g/mol. The summed E-state index contributed by atoms with van der Waals surface area (Å²) in [6.07, 6.45) is 7.20. The lowest BCUT2D eigenvalue weighted by Gasteiger charge is -2.43. The Kier molecular flexibility index (Phi) is 5.50. The zero-order valence-electron chi connectivity index (χ0n) is 15.6. The molecule has 1 saturated carbocycles. The lowest BCUT2D eigenvalue weighted by atomic mass is 9.64. The summed E-state index contributed by atoms with van der Waals surface area (Å²) >= 11 is 0. The van der Waals surface area contributed by atoms with Crippen molar-refractivity contribution >= 4 is 0 Å². The van der Waals surface area contributed by atoms with Crippen LogP contribution in [0.25, 0.3) is 0 Å². The van der Waals surface area contributed by atoms with Crippen molar-refractivity contribution in [2.24, 2.45) is 11.1 Å². The molecule has 0 bridgehead atoms. The van der Waals surface area contributed by atoms with E-state index in [-0.39, 0.29) is 17.0 Å². The fraction of sp³-hybridized carbons (Fsp3) is 0.714. The predicted molar refractivity (Wildman–Crippen MR) is 99.0 cm³/mol. The van der Waals surface area contributed by atoms with Crippen LogP contribution in [-0.2, 0) is 5.92 Å². The number of benzene rings is 1. The minimum Gasteiger partial charge on any atom is -0.326 e. The quantitative estimate of drug-likeness (QED) is 0.819. The van der Waals surface area contributed by atoms with Crippen molar-refractivity contribution in [1.82, 2.24) is 4.90 Å². The molecule has 1 heterocycles. The molecule has 4 heteroatoms. The third-order valence-corrected chi connectivity index (χ3v) is 6.38. The Balaban J connectivity index is 1.90. The van der Waals surface area contributed by atoms with Crippen LogP contribution >= 0.6 is 0 Å². The van der Waals surface area contributed by atoms with Crippen molar-refractivity contribution in [3.05, 3.63) is 35.4 Å². The van der Waals surface area contributed by atoms with E-state index in [2.05, 4.69) is 17.9 Å². The standard InChI is InChI=1S/C21H32F2N2/c1-20(10-4-3-5-11-20)19(15-25-12-9-18(24)14-25)16-7-6-8-17(13-16)21(2,22)23/h6-8,13,18-19H,3-5,9-12,14-15,24H2,1-2H3. The number of rotatable bonds is 5. The lowest BCUT2D eigenvalue weighted by Crippen LogP contribution is -2.38. The molecule has 0 aromatic heterocycles. The molecule has 25 heavy (non-hydrogen) atoms. The number of hydrogen-bond acceptors (Lipinski definition) is 2. The van der Waals surface area contributed by atoms with Gasteiger partial charge in [-0.25, -0.2) is 8.78 Å². The van der Waals surface area contributed by atoms with Crippen LogP contribution in [0.1, 0.15) is 69.4 Å². The van der Waals surface area contributed by atoms with Crippen LogP contribution in [0.5, 0.6) is 0 Å². The highest BCUT2D eigenvalue weighted by atomic mass is 19.3. The van der Waals surface area contributed by atoms with Gasteiger partial charge >= 0.3 is 0 Å². The first kappa shape index (κ1) is 18.8. The molecule has 0 spiro atoms. The second-order valence-electron chi connectivity index (χ2n) is 8.59. The second-order valence-corrected chi connectivity index (χ2v) is 8.59. The topological polar surface area (TPSA) is 29.3 Å². The number of hydrogen-bond donors (Lipinski definition) is 1. The Bertz CT molecular complexity index is 576. The van der Waals surface area contributed by atoms with Crippen molar-refractivity contribution < 1.29 is 8.78 Å². The maximum atomic E-state index is 13.9. The summed E-state index contributed by atoms with van der Waals surface area (Å²) in [5.74, 6) is -2.50. The molecule has 2 nitrogen and oxygen atoms in total. The number of halogens is 2. The zero-order chi connectivity index (χ0) is 18.1. The number of nitrogens with zero attached hydrogens (tertiary/aromatic N) is 1. The molecule has 2 unspecified atom stereocenters. The van der Waals surface area contributed by atoms with Crippen LogP contribution in [0.2, 0.25) is 0 Å². The van der Waals surface area contributed by atoms with Crippen LogP contribution < -0.4 is 5.73 Å². The van der Waals surface area contributed by atoms with Crippen LogP contribution in [0, 0.1) is 5.41 Å². The van der Waals surface area contributed by atoms with Crippen LogP contribution in [0.4, 0.5) is 8.78 Å². The van der Waals surface area contributed by atoms with E-state index in [0.29, 0.717) is 5.92 Å². The van der Waals surface area contributed by atoms with Gasteiger partial charge in [-0.2, -0.15) is 0 Å². The monoisotopic (exact) mass is 350 g/mol. The Morgan fingerprint density at radius 1 is 1.28 bits per heavy atom. The molecule has 2 atom stereocenters. The van der Waals surface area contributed by atoms with E-state index in [1.54, 1.807) is 18.2 Å². The van der Waals surface area contributed by atoms with E-state index in [1.807, 2.05) is 0 Å². The molecule has 1 aliphatic carbocycles. The molecule has 2 fully saturated rings. The van der Waals surface area contributed by atoms with Gasteiger partial charge in [-0.1, -0.05) is 44.4 Å². The molecule has 140 valence electrons. The van der Waals surface area contributed by atoms with E-state index < -0.39 is 5.92 Å². The summed E-state index contributed by atoms with van der Waals surface area (Å²) in [4.78, 5) is 2.44. The van der Waals surface area contributed by atoms with E-state index in [0.717, 1.165) is 38.5 Å². The predicted octanol–water partition coefficient (Wildman–Crippen LogP) is 4.89. The van der Waals surface area contributed by atoms with Crippen molar-refractivity contribution in [3.8, 4) is 0 Å². The smallest absolute Gasteiger partial charge is 0.270 e. The molecular formula is C21H32F2N2. The van der Waals surface area contributed by atoms with Crippen LogP contribution in [-0.4, -0.2) is 30.6 Å². The highest BCUT2D eigenvalue weighted by molar-refractivity contribution is 5.31. The second kappa shape index (κ2) is 7.32. The van der Waals surface area contributed by atoms with Gasteiger partial charge < -0.3 is 10.6 Å². The maximum Gasteiger partial charge on any atom is 0.270 e. The highest BCUT2D eigenvalue weighted by Crippen LogP contribution is 2.48. The largest absolute Gasteiger partial charge is 0.326 e. The van der Waals surface area contributed by atoms with Gasteiger partial charge in [0, 0.05) is 37.5 Å². The van der Waals surface area contributed by atoms with Crippen molar-refractivity contribution in [2.75, 3.05) is 19.6 Å². The Morgan fingerprint density at radius 3 is 2.60 bits per heavy atom. The number of alkyl halides is 2. The van der Waals surface area contributed by atoms with Gasteiger partial charge in [0.25, 0.3) is 5.92 Å². The molecule has 2 N–H and O–H groups in total. The normalized spacial score (nSPS) is 25.9. The van der Waals surface area contributed by atoms with E-state index in [9.17, 15) is 8.78 Å². The summed E-state index contributed by atoms with van der Waals surface area (Å²) < 4.78 is 27.7. The van der Waals surface area contributed by atoms with Crippen LogP contribution in [0.15, 0.2) is 24.3 Å². The molecule has 0 radical (unpaired) electrons. The Hall–Kier alpha value is -1.00. The van der Waals surface area contributed by atoms with Crippen molar-refractivity contribution in [3.63, 3.8) is 0 Å². The number of likely N-dealkylation sites (tertiary alicyclic amines) is 1. The summed E-state index contributed by atoms with van der Waals surface area (Å²) in [6.45, 7) is 6.24. The fourth-order valence-electron chi connectivity index (χ4n) is 4.75. The third-order valence-electron chi connectivity index (χ3n) is 6.38. The highest BCUT2D eigenvalue weighted by Gasteiger charge is 2.38. The minimum absolute atomic E-state index is 0.132. The lowest BCUT2D eigenvalue weighted by molar-refractivity contribution is 0.0172. The Morgan fingerprint density at radius 2 is 2.00 bits per heavy atom. The maximum absolute atomic E-state index is 13.9. The molecular weight excluding hydrogens is 318 g/mol. The minimum atomic E-state index is -2.79. The molecule has 1 aliphatic heterocycles. The van der Waals surface area contributed by atoms with Gasteiger partial charge in [-0.15, -0.1) is 0 Å². The fourth-order valence-corrected chi connectivity index (χ4v) is 4.75. The molecule has 2 aliphatic rings. The average Bonchev–Trinajstić information content (AvgIpc) is 2.98. The molecule has 1 aromatic rings. The van der Waals surface area contributed by atoms with Crippen LogP contribution in [0.3, 0.4) is 0 Å². The van der Waals surface area contributed by atoms with Gasteiger partial charge in [0.15, 0.2) is 0 Å². The van der Waals surface area contributed by atoms with Gasteiger partial charge in [0.1, 0.15) is 0 Å². The van der Waals surface area contributed by atoms with Gasteiger partial charge in [-0.05, 0) is 42.9 Å². The van der Waals surface area contributed by atoms with Crippen molar-refractivity contribution in [2.45, 2.75) is 70.3 Å². The third kappa shape index (κ3) is 4.40. The summed E-state index contributed by atoms with van der Waals surface area (Å²) in [5, 5.41) is 0. The first-order valence-corrected chi connectivity index (χ1v) is 9.74. The zero-order valence-corrected chi connectivity index (χ0v) is 15.6. The van der Waals surface area contributed by atoms with Gasteiger partial charge in [-0.3, -0.25) is 0 Å². The van der Waals surface area contributed by atoms with Gasteiger partial charge in [0.05, 0.1) is 0 Å². The van der Waals surface area contributed by atoms with Crippen molar-refractivity contribution in [1.29, 1.82) is 0 Å². The first-order chi connectivity index (χ1) is 11.8.